The monoisotopic (exact) mass is 260 g/mol. The van der Waals surface area contributed by atoms with Crippen LogP contribution in [0.1, 0.15) is 22.4 Å². The molecule has 98 valence electrons. The molecule has 0 amide bonds. The number of fused-ring (bicyclic) bond motifs is 3. The van der Waals surface area contributed by atoms with Crippen molar-refractivity contribution >= 4 is 0 Å². The van der Waals surface area contributed by atoms with Crippen LogP contribution in [0.5, 0.6) is 0 Å². The molecule has 1 aliphatic rings. The summed E-state index contributed by atoms with van der Waals surface area (Å²) in [6.07, 6.45) is 1.01. The molecule has 0 aliphatic heterocycles. The van der Waals surface area contributed by atoms with Crippen LogP contribution in [-0.2, 0) is 6.42 Å². The first kappa shape index (κ1) is 11.5. The summed E-state index contributed by atoms with van der Waals surface area (Å²) < 4.78 is 0. The van der Waals surface area contributed by atoms with Crippen molar-refractivity contribution in [1.29, 1.82) is 0 Å². The van der Waals surface area contributed by atoms with Gasteiger partial charge in [0.15, 0.2) is 0 Å². The third-order valence-corrected chi connectivity index (χ3v) is 4.36. The molecule has 0 atom stereocenters. The molecule has 1 heterocycles. The molecule has 0 bridgehead atoms. The molecule has 0 saturated carbocycles. The number of rotatable bonds is 1. The summed E-state index contributed by atoms with van der Waals surface area (Å²) in [5, 5.41) is 7.60. The Balaban J connectivity index is 1.96. The first-order valence-electron chi connectivity index (χ1n) is 6.98. The molecule has 20 heavy (non-hydrogen) atoms. The van der Waals surface area contributed by atoms with Gasteiger partial charge in [0.05, 0.1) is 5.69 Å². The number of H-pyrrole nitrogens is 1. The van der Waals surface area contributed by atoms with Crippen molar-refractivity contribution in [3.05, 3.63) is 64.8 Å². The lowest BCUT2D eigenvalue weighted by Crippen LogP contribution is -1.90. The van der Waals surface area contributed by atoms with Gasteiger partial charge in [0, 0.05) is 11.3 Å². The second-order valence-corrected chi connectivity index (χ2v) is 5.49. The van der Waals surface area contributed by atoms with Gasteiger partial charge in [-0.25, -0.2) is 0 Å². The van der Waals surface area contributed by atoms with Gasteiger partial charge in [0.25, 0.3) is 0 Å². The quantitative estimate of drug-likeness (QED) is 0.544. The van der Waals surface area contributed by atoms with Gasteiger partial charge in [-0.15, -0.1) is 0 Å². The molecule has 1 aromatic heterocycles. The van der Waals surface area contributed by atoms with Crippen molar-refractivity contribution in [2.24, 2.45) is 0 Å². The molecule has 1 N–H and O–H groups in total. The molecule has 0 fully saturated rings. The molecule has 0 saturated heterocycles. The third-order valence-electron chi connectivity index (χ3n) is 4.36. The summed E-state index contributed by atoms with van der Waals surface area (Å²) in [4.78, 5) is 0. The van der Waals surface area contributed by atoms with Crippen molar-refractivity contribution in [2.45, 2.75) is 20.3 Å². The molecular formula is C18H16N2. The number of aromatic amines is 1. The fraction of sp³-hybridized carbons (Fsp3) is 0.167. The Morgan fingerprint density at radius 3 is 2.45 bits per heavy atom. The van der Waals surface area contributed by atoms with Gasteiger partial charge in [-0.3, -0.25) is 5.10 Å². The minimum atomic E-state index is 1.01. The van der Waals surface area contributed by atoms with Crippen molar-refractivity contribution in [3.8, 4) is 22.4 Å². The average Bonchev–Trinajstić information content (AvgIpc) is 3.01. The fourth-order valence-electron chi connectivity index (χ4n) is 3.13. The van der Waals surface area contributed by atoms with E-state index in [1.165, 1.54) is 33.4 Å². The van der Waals surface area contributed by atoms with E-state index in [-0.39, 0.29) is 0 Å². The van der Waals surface area contributed by atoms with Gasteiger partial charge in [-0.05, 0) is 48.1 Å². The topological polar surface area (TPSA) is 28.7 Å². The maximum atomic E-state index is 4.50. The molecule has 0 radical (unpaired) electrons. The highest BCUT2D eigenvalue weighted by Crippen LogP contribution is 2.41. The number of nitrogens with zero attached hydrogens (tertiary/aromatic N) is 1. The molecule has 0 spiro atoms. The Kier molecular flexibility index (Phi) is 2.34. The Labute approximate surface area is 118 Å². The van der Waals surface area contributed by atoms with Crippen LogP contribution in [-0.4, -0.2) is 10.2 Å². The second-order valence-electron chi connectivity index (χ2n) is 5.49. The van der Waals surface area contributed by atoms with Gasteiger partial charge in [-0.1, -0.05) is 42.5 Å². The smallest absolute Gasteiger partial charge is 0.0955 e. The highest BCUT2D eigenvalue weighted by molar-refractivity contribution is 5.84. The zero-order chi connectivity index (χ0) is 13.7. The first-order chi connectivity index (χ1) is 9.75. The number of hydrogen-bond acceptors (Lipinski definition) is 1. The zero-order valence-corrected chi connectivity index (χ0v) is 11.7. The predicted octanol–water partition coefficient (Wildman–Crippen LogP) is 4.26. The fourth-order valence-corrected chi connectivity index (χ4v) is 3.13. The van der Waals surface area contributed by atoms with Crippen LogP contribution >= 0.6 is 0 Å². The lowest BCUT2D eigenvalue weighted by molar-refractivity contribution is 1.05. The van der Waals surface area contributed by atoms with E-state index in [1.54, 1.807) is 0 Å². The molecule has 1 aliphatic carbocycles. The van der Waals surface area contributed by atoms with E-state index in [1.807, 2.05) is 0 Å². The molecule has 2 heteroatoms. The summed E-state index contributed by atoms with van der Waals surface area (Å²) in [6, 6.07) is 15.2. The Morgan fingerprint density at radius 1 is 0.900 bits per heavy atom. The average molecular weight is 260 g/mol. The van der Waals surface area contributed by atoms with Crippen LogP contribution in [0.2, 0.25) is 0 Å². The van der Waals surface area contributed by atoms with Crippen molar-refractivity contribution in [3.63, 3.8) is 0 Å². The van der Waals surface area contributed by atoms with Crippen LogP contribution in [0.4, 0.5) is 0 Å². The highest BCUT2D eigenvalue weighted by Gasteiger charge is 2.22. The molecule has 4 rings (SSSR count). The summed E-state index contributed by atoms with van der Waals surface area (Å²) in [6.45, 7) is 4.21. The van der Waals surface area contributed by atoms with Gasteiger partial charge in [0.1, 0.15) is 0 Å². The van der Waals surface area contributed by atoms with Crippen LogP contribution in [0.25, 0.3) is 22.4 Å². The van der Waals surface area contributed by atoms with Gasteiger partial charge in [0.2, 0.25) is 0 Å². The van der Waals surface area contributed by atoms with Gasteiger partial charge in [-0.2, -0.15) is 5.10 Å². The van der Waals surface area contributed by atoms with E-state index in [0.717, 1.165) is 17.8 Å². The maximum absolute atomic E-state index is 4.50. The Hall–Kier alpha value is -2.35. The molecule has 2 aromatic carbocycles. The SMILES string of the molecule is Cc1[nH]nc(-c2cccc3c2Cc2ccccc2-3)c1C. The van der Waals surface area contributed by atoms with Gasteiger partial charge >= 0.3 is 0 Å². The molecule has 0 unspecified atom stereocenters. The third kappa shape index (κ3) is 1.48. The number of aromatic nitrogens is 2. The first-order valence-corrected chi connectivity index (χ1v) is 6.98. The predicted molar refractivity (Wildman–Crippen MR) is 81.7 cm³/mol. The largest absolute Gasteiger partial charge is 0.282 e. The summed E-state index contributed by atoms with van der Waals surface area (Å²) in [7, 11) is 0. The lowest BCUT2D eigenvalue weighted by Gasteiger charge is -2.07. The van der Waals surface area contributed by atoms with Crippen LogP contribution in [0.15, 0.2) is 42.5 Å². The zero-order valence-electron chi connectivity index (χ0n) is 11.7. The minimum absolute atomic E-state index is 1.01. The van der Waals surface area contributed by atoms with E-state index in [9.17, 15) is 0 Å². The standard InChI is InChI=1S/C18H16N2/c1-11-12(2)19-20-18(11)16-9-5-8-15-14-7-4-3-6-13(14)10-17(15)16/h3-9H,10H2,1-2H3,(H,19,20). The summed E-state index contributed by atoms with van der Waals surface area (Å²) in [5.41, 5.74) is 10.3. The number of nitrogens with one attached hydrogen (secondary N) is 1. The summed E-state index contributed by atoms with van der Waals surface area (Å²) in [5.74, 6) is 0. The van der Waals surface area contributed by atoms with Crippen molar-refractivity contribution < 1.29 is 0 Å². The Bertz CT molecular complexity index is 812. The van der Waals surface area contributed by atoms with E-state index in [4.69, 9.17) is 0 Å². The van der Waals surface area contributed by atoms with E-state index < -0.39 is 0 Å². The minimum Gasteiger partial charge on any atom is -0.282 e. The van der Waals surface area contributed by atoms with Crippen LogP contribution in [0, 0.1) is 13.8 Å². The summed E-state index contributed by atoms with van der Waals surface area (Å²) >= 11 is 0. The second kappa shape index (κ2) is 4.07. The van der Waals surface area contributed by atoms with Crippen molar-refractivity contribution in [1.82, 2.24) is 10.2 Å². The number of aryl methyl sites for hydroxylation is 1. The number of benzene rings is 2. The molecular weight excluding hydrogens is 244 g/mol. The number of hydrogen-bond donors (Lipinski definition) is 1. The normalized spacial score (nSPS) is 12.3. The highest BCUT2D eigenvalue weighted by atomic mass is 15.1. The van der Waals surface area contributed by atoms with Crippen LogP contribution in [0.3, 0.4) is 0 Å². The maximum Gasteiger partial charge on any atom is 0.0955 e. The molecule has 2 nitrogen and oxygen atoms in total. The molecule has 3 aromatic rings. The van der Waals surface area contributed by atoms with E-state index in [0.29, 0.717) is 0 Å². The van der Waals surface area contributed by atoms with Crippen LogP contribution < -0.4 is 0 Å². The van der Waals surface area contributed by atoms with Crippen molar-refractivity contribution in [2.75, 3.05) is 0 Å². The van der Waals surface area contributed by atoms with E-state index in [2.05, 4.69) is 66.5 Å². The van der Waals surface area contributed by atoms with Gasteiger partial charge < -0.3 is 0 Å². The van der Waals surface area contributed by atoms with E-state index >= 15 is 0 Å². The Morgan fingerprint density at radius 2 is 1.65 bits per heavy atom. The lowest BCUT2D eigenvalue weighted by atomic mass is 9.97.